The Morgan fingerprint density at radius 2 is 1.14 bits per heavy atom. The van der Waals surface area contributed by atoms with E-state index in [-0.39, 0.29) is 76.8 Å². The van der Waals surface area contributed by atoms with Crippen LogP contribution in [0.2, 0.25) is 0 Å². The number of benzene rings is 3. The number of likely N-dealkylation sites (N-methyl/N-ethyl adjacent to an activating group) is 1. The number of hydrogen-bond donors (Lipinski definition) is 3. The SMILES string of the molecule is C[N+](CCNC(=O)CNC(=O)CNC(=O)C[N+]1(Cc2ccc([N+](=O)[O-])cc2)CCCCC1)(Cc1ccccc1)Cc1ccc([N+](=O)[O-])cc1.[Br-].[Br-]. The third kappa shape index (κ3) is 14.1. The van der Waals surface area contributed by atoms with Crippen molar-refractivity contribution in [2.24, 2.45) is 0 Å². The van der Waals surface area contributed by atoms with Gasteiger partial charge in [0.25, 0.3) is 17.3 Å². The molecule has 1 aliphatic rings. The number of nitrogens with one attached hydrogen (secondary N) is 3. The van der Waals surface area contributed by atoms with Gasteiger partial charge >= 0.3 is 0 Å². The maximum Gasteiger partial charge on any atom is 0.275 e. The summed E-state index contributed by atoms with van der Waals surface area (Å²) in [6.45, 7) is 4.04. The summed E-state index contributed by atoms with van der Waals surface area (Å²) in [7, 11) is 2.06. The molecule has 3 aromatic rings. The fraction of sp³-hybridized carbons (Fsp3) is 0.400. The number of hydrogen-bond acceptors (Lipinski definition) is 7. The number of nitro benzene ring substituents is 2. The molecule has 3 amide bonds. The van der Waals surface area contributed by atoms with Gasteiger partial charge < -0.3 is 58.9 Å². The Bertz CT molecular complexity index is 1610. The monoisotopic (exact) mass is 833 g/mol. The second kappa shape index (κ2) is 20.6. The van der Waals surface area contributed by atoms with Crippen LogP contribution >= 0.6 is 0 Å². The molecule has 1 aliphatic heterocycles. The fourth-order valence-corrected chi connectivity index (χ4v) is 6.38. The molecule has 3 aromatic carbocycles. The van der Waals surface area contributed by atoms with E-state index in [1.54, 1.807) is 24.3 Å². The number of amides is 3. The minimum absolute atomic E-state index is 0. The maximum absolute atomic E-state index is 12.9. The first-order chi connectivity index (χ1) is 23.4. The summed E-state index contributed by atoms with van der Waals surface area (Å²) in [6.07, 6.45) is 3.02. The van der Waals surface area contributed by atoms with Crippen LogP contribution in [0.15, 0.2) is 78.9 Å². The Balaban J connectivity index is 0.00000451. The maximum atomic E-state index is 12.9. The molecule has 16 heteroatoms. The molecule has 1 unspecified atom stereocenters. The van der Waals surface area contributed by atoms with Gasteiger partial charge in [0.05, 0.1) is 56.2 Å². The summed E-state index contributed by atoms with van der Waals surface area (Å²) in [6, 6.07) is 22.8. The van der Waals surface area contributed by atoms with E-state index >= 15 is 0 Å². The Morgan fingerprint density at radius 3 is 1.67 bits per heavy atom. The molecule has 1 fully saturated rings. The molecule has 51 heavy (non-hydrogen) atoms. The van der Waals surface area contributed by atoms with Gasteiger partial charge in [-0.25, -0.2) is 0 Å². The number of nitro groups is 2. The van der Waals surface area contributed by atoms with Crippen molar-refractivity contribution >= 4 is 29.1 Å². The summed E-state index contributed by atoms with van der Waals surface area (Å²) in [5.41, 5.74) is 3.01. The van der Waals surface area contributed by atoms with E-state index in [1.165, 1.54) is 24.3 Å². The van der Waals surface area contributed by atoms with Gasteiger partial charge in [0.1, 0.15) is 19.6 Å². The van der Waals surface area contributed by atoms with E-state index in [0.29, 0.717) is 41.7 Å². The molecule has 1 heterocycles. The van der Waals surface area contributed by atoms with Crippen LogP contribution in [-0.2, 0) is 34.0 Å². The van der Waals surface area contributed by atoms with E-state index in [9.17, 15) is 34.6 Å². The molecule has 14 nitrogen and oxygen atoms in total. The van der Waals surface area contributed by atoms with Crippen LogP contribution in [0.5, 0.6) is 0 Å². The lowest BCUT2D eigenvalue weighted by atomic mass is 10.0. The van der Waals surface area contributed by atoms with Crippen LogP contribution in [-0.4, -0.2) is 89.4 Å². The predicted molar refractivity (Wildman–Crippen MR) is 183 cm³/mol. The van der Waals surface area contributed by atoms with Crippen LogP contribution < -0.4 is 49.9 Å². The van der Waals surface area contributed by atoms with E-state index < -0.39 is 15.8 Å². The van der Waals surface area contributed by atoms with Gasteiger partial charge in [0.2, 0.25) is 11.8 Å². The molecule has 0 saturated carbocycles. The smallest absolute Gasteiger partial charge is 0.275 e. The van der Waals surface area contributed by atoms with E-state index in [4.69, 9.17) is 0 Å². The number of piperidine rings is 1. The predicted octanol–water partition coefficient (Wildman–Crippen LogP) is -2.79. The second-order valence-corrected chi connectivity index (χ2v) is 13.1. The Kier molecular flexibility index (Phi) is 17.3. The molecule has 0 spiro atoms. The molecule has 0 radical (unpaired) electrons. The molecular weight excluding hydrogens is 790 g/mol. The van der Waals surface area contributed by atoms with Gasteiger partial charge in [-0.2, -0.15) is 0 Å². The Labute approximate surface area is 318 Å². The molecule has 4 rings (SSSR count). The van der Waals surface area contributed by atoms with Gasteiger partial charge in [-0.1, -0.05) is 30.3 Å². The van der Waals surface area contributed by atoms with Gasteiger partial charge in [0.15, 0.2) is 6.54 Å². The highest BCUT2D eigenvalue weighted by molar-refractivity contribution is 5.88. The first-order valence-electron chi connectivity index (χ1n) is 16.4. The van der Waals surface area contributed by atoms with Gasteiger partial charge in [-0.3, -0.25) is 34.6 Å². The molecule has 1 atom stereocenters. The average molecular weight is 836 g/mol. The zero-order valence-corrected chi connectivity index (χ0v) is 31.8. The minimum atomic E-state index is -0.480. The quantitative estimate of drug-likeness (QED) is 0.0750. The Morgan fingerprint density at radius 1 is 0.667 bits per heavy atom. The Hall–Kier alpha value is -4.25. The summed E-state index contributed by atoms with van der Waals surface area (Å²) in [4.78, 5) is 59.3. The third-order valence-electron chi connectivity index (χ3n) is 8.89. The first-order valence-corrected chi connectivity index (χ1v) is 16.4. The number of carbonyl (C=O) groups excluding carboxylic acids is 3. The lowest BCUT2D eigenvalue weighted by Gasteiger charge is -2.41. The highest BCUT2D eigenvalue weighted by Gasteiger charge is 2.33. The van der Waals surface area contributed by atoms with Gasteiger partial charge in [-0.15, -0.1) is 0 Å². The number of carbonyl (C=O) groups is 3. The number of rotatable bonds is 17. The summed E-state index contributed by atoms with van der Waals surface area (Å²) >= 11 is 0. The van der Waals surface area contributed by atoms with Crippen molar-refractivity contribution in [3.05, 3.63) is 116 Å². The summed E-state index contributed by atoms with van der Waals surface area (Å²) in [5.74, 6) is -1.11. The van der Waals surface area contributed by atoms with Gasteiger partial charge in [-0.05, 0) is 43.5 Å². The van der Waals surface area contributed by atoms with E-state index in [1.807, 2.05) is 30.3 Å². The number of non-ortho nitro benzene ring substituents is 2. The zero-order chi connectivity index (χ0) is 35.3. The van der Waals surface area contributed by atoms with Gasteiger partial charge in [0, 0.05) is 41.0 Å². The zero-order valence-electron chi connectivity index (χ0n) is 28.6. The van der Waals surface area contributed by atoms with Crippen LogP contribution in [0.25, 0.3) is 0 Å². The fourth-order valence-electron chi connectivity index (χ4n) is 6.38. The van der Waals surface area contributed by atoms with Crippen molar-refractivity contribution in [2.45, 2.75) is 38.9 Å². The molecule has 1 saturated heterocycles. The van der Waals surface area contributed by atoms with Crippen molar-refractivity contribution in [1.29, 1.82) is 0 Å². The summed E-state index contributed by atoms with van der Waals surface area (Å²) in [5, 5.41) is 30.2. The third-order valence-corrected chi connectivity index (χ3v) is 8.89. The molecule has 3 N–H and O–H groups in total. The summed E-state index contributed by atoms with van der Waals surface area (Å²) < 4.78 is 1.05. The molecular formula is C35H45Br2N7O7. The van der Waals surface area contributed by atoms with E-state index in [0.717, 1.165) is 49.0 Å². The molecule has 0 aliphatic carbocycles. The van der Waals surface area contributed by atoms with Crippen LogP contribution in [0.1, 0.15) is 36.0 Å². The lowest BCUT2D eigenvalue weighted by molar-refractivity contribution is -0.938. The topological polar surface area (TPSA) is 174 Å². The van der Waals surface area contributed by atoms with Crippen molar-refractivity contribution in [1.82, 2.24) is 16.0 Å². The number of nitrogens with zero attached hydrogens (tertiary/aromatic N) is 4. The largest absolute Gasteiger partial charge is 1.00 e. The van der Waals surface area contributed by atoms with E-state index in [2.05, 4.69) is 23.0 Å². The number of quaternary nitrogens is 2. The highest BCUT2D eigenvalue weighted by Crippen LogP contribution is 2.24. The lowest BCUT2D eigenvalue weighted by Crippen LogP contribution is -3.00. The van der Waals surface area contributed by atoms with Crippen molar-refractivity contribution < 1.29 is 67.2 Å². The number of halogens is 2. The normalized spacial score (nSPS) is 14.4. The minimum Gasteiger partial charge on any atom is -1.00 e. The molecule has 276 valence electrons. The van der Waals surface area contributed by atoms with Crippen molar-refractivity contribution in [3.8, 4) is 0 Å². The number of likely N-dealkylation sites (tertiary alicyclic amines) is 1. The molecule has 0 aromatic heterocycles. The van der Waals surface area contributed by atoms with Crippen molar-refractivity contribution in [2.75, 3.05) is 52.9 Å². The highest BCUT2D eigenvalue weighted by atomic mass is 79.9. The average Bonchev–Trinajstić information content (AvgIpc) is 3.07. The van der Waals surface area contributed by atoms with Crippen molar-refractivity contribution in [3.63, 3.8) is 0 Å². The second-order valence-electron chi connectivity index (χ2n) is 13.1. The van der Waals surface area contributed by atoms with Crippen LogP contribution in [0.3, 0.4) is 0 Å². The van der Waals surface area contributed by atoms with Crippen LogP contribution in [0, 0.1) is 20.2 Å². The van der Waals surface area contributed by atoms with Crippen LogP contribution in [0.4, 0.5) is 11.4 Å². The standard InChI is InChI=1S/C35H43N7O7.2BrH/c1-41(24-28-8-4-2-5-9-28,25-29-10-14-31(15-11-29)39(46)47)21-18-36-33(43)22-37-34(44)23-38-35(45)27-42(19-6-3-7-20-42)26-30-12-16-32(17-13-30)40(48)49;;/h2,4-5,8-17H,3,6-7,18-27H2,1H3,(H-2,36,37,38,43,44,45);2*1H. The molecule has 0 bridgehead atoms. The first kappa shape index (κ1) is 42.9.